The first-order valence-corrected chi connectivity index (χ1v) is 3.42. The maximum atomic E-state index is 12.5. The number of alkyl halides is 1. The molecule has 1 fully saturated rings. The van der Waals surface area contributed by atoms with Crippen molar-refractivity contribution in [1.29, 1.82) is 0 Å². The molecule has 0 radical (unpaired) electrons. The molecule has 2 atom stereocenters. The quantitative estimate of drug-likeness (QED) is 0.494. The number of hydrogen-bond acceptors (Lipinski definition) is 1. The average molecular weight is 130 g/mol. The van der Waals surface area contributed by atoms with Gasteiger partial charge in [-0.15, -0.1) is 0 Å². The highest BCUT2D eigenvalue weighted by Gasteiger charge is 2.20. The molecule has 1 aliphatic carbocycles. The zero-order valence-electron chi connectivity index (χ0n) is 5.35. The maximum Gasteiger partial charge on any atom is 0.123 e. The number of carbonyl (C=O) groups is 1. The minimum atomic E-state index is -0.714. The summed E-state index contributed by atoms with van der Waals surface area (Å²) in [5, 5.41) is 0. The Morgan fingerprint density at radius 3 is 2.67 bits per heavy atom. The highest BCUT2D eigenvalue weighted by Crippen LogP contribution is 2.24. The van der Waals surface area contributed by atoms with Crippen LogP contribution in [0, 0.1) is 5.92 Å². The molecule has 0 bridgehead atoms. The van der Waals surface area contributed by atoms with E-state index in [1.807, 2.05) is 0 Å². The molecule has 0 heterocycles. The summed E-state index contributed by atoms with van der Waals surface area (Å²) >= 11 is 0. The molecule has 0 N–H and O–H groups in total. The van der Waals surface area contributed by atoms with Crippen molar-refractivity contribution >= 4 is 6.29 Å². The van der Waals surface area contributed by atoms with E-state index in [9.17, 15) is 9.18 Å². The number of aldehydes is 1. The minimum Gasteiger partial charge on any atom is -0.303 e. The smallest absolute Gasteiger partial charge is 0.123 e. The first-order valence-electron chi connectivity index (χ1n) is 3.42. The van der Waals surface area contributed by atoms with Crippen LogP contribution in [0.25, 0.3) is 0 Å². The van der Waals surface area contributed by atoms with Gasteiger partial charge in [0.25, 0.3) is 0 Å². The molecular weight excluding hydrogens is 119 g/mol. The van der Waals surface area contributed by atoms with Gasteiger partial charge < -0.3 is 4.79 Å². The Morgan fingerprint density at radius 2 is 2.22 bits per heavy atom. The topological polar surface area (TPSA) is 17.1 Å². The molecule has 2 heteroatoms. The van der Waals surface area contributed by atoms with E-state index in [1.54, 1.807) is 0 Å². The van der Waals surface area contributed by atoms with Crippen LogP contribution in [0.4, 0.5) is 4.39 Å². The van der Waals surface area contributed by atoms with Crippen LogP contribution in [0.15, 0.2) is 0 Å². The zero-order valence-corrected chi connectivity index (χ0v) is 5.35. The summed E-state index contributed by atoms with van der Waals surface area (Å²) in [6, 6.07) is 0. The van der Waals surface area contributed by atoms with E-state index in [2.05, 4.69) is 0 Å². The first-order chi connectivity index (χ1) is 4.33. The summed E-state index contributed by atoms with van der Waals surface area (Å²) in [4.78, 5) is 10.1. The fraction of sp³-hybridized carbons (Fsp3) is 0.857. The molecule has 9 heavy (non-hydrogen) atoms. The van der Waals surface area contributed by atoms with Crippen molar-refractivity contribution in [3.63, 3.8) is 0 Å². The van der Waals surface area contributed by atoms with Crippen molar-refractivity contribution in [1.82, 2.24) is 0 Å². The Kier molecular flexibility index (Phi) is 2.20. The van der Waals surface area contributed by atoms with E-state index in [1.165, 1.54) is 0 Å². The maximum absolute atomic E-state index is 12.5. The molecule has 0 aromatic carbocycles. The molecule has 0 spiro atoms. The summed E-state index contributed by atoms with van der Waals surface area (Å²) < 4.78 is 12.5. The second kappa shape index (κ2) is 2.95. The van der Waals surface area contributed by atoms with Crippen molar-refractivity contribution in [3.8, 4) is 0 Å². The van der Waals surface area contributed by atoms with Gasteiger partial charge in [-0.05, 0) is 25.7 Å². The molecule has 52 valence electrons. The van der Waals surface area contributed by atoms with Gasteiger partial charge in [0.15, 0.2) is 0 Å². The first kappa shape index (κ1) is 6.72. The Morgan fingerprint density at radius 1 is 1.44 bits per heavy atom. The van der Waals surface area contributed by atoms with Crippen molar-refractivity contribution in [3.05, 3.63) is 0 Å². The summed E-state index contributed by atoms with van der Waals surface area (Å²) in [6.07, 6.45) is 3.06. The summed E-state index contributed by atoms with van der Waals surface area (Å²) in [7, 11) is 0. The normalized spacial score (nSPS) is 36.1. The molecular formula is C7H11FO. The lowest BCUT2D eigenvalue weighted by molar-refractivity contribution is -0.112. The van der Waals surface area contributed by atoms with Gasteiger partial charge >= 0.3 is 0 Å². The molecule has 1 nitrogen and oxygen atoms in total. The lowest BCUT2D eigenvalue weighted by atomic mass is 9.89. The van der Waals surface area contributed by atoms with Gasteiger partial charge in [-0.2, -0.15) is 0 Å². The third-order valence-corrected chi connectivity index (χ3v) is 1.84. The number of hydrogen-bond donors (Lipinski definition) is 0. The molecule has 1 saturated carbocycles. The van der Waals surface area contributed by atoms with Crippen LogP contribution in [0.2, 0.25) is 0 Å². The van der Waals surface area contributed by atoms with Gasteiger partial charge in [0, 0.05) is 5.92 Å². The average Bonchev–Trinajstić information content (AvgIpc) is 1.88. The van der Waals surface area contributed by atoms with Crippen LogP contribution in [0.3, 0.4) is 0 Å². The van der Waals surface area contributed by atoms with Crippen LogP contribution in [0.1, 0.15) is 25.7 Å². The van der Waals surface area contributed by atoms with Crippen molar-refractivity contribution < 1.29 is 9.18 Å². The zero-order chi connectivity index (χ0) is 6.69. The van der Waals surface area contributed by atoms with Crippen molar-refractivity contribution in [2.24, 2.45) is 5.92 Å². The Hall–Kier alpha value is -0.400. The fourth-order valence-corrected chi connectivity index (χ4v) is 1.29. The molecule has 1 aliphatic rings. The molecule has 0 saturated heterocycles. The second-order valence-corrected chi connectivity index (χ2v) is 2.66. The van der Waals surface area contributed by atoms with Gasteiger partial charge in [0.05, 0.1) is 0 Å². The van der Waals surface area contributed by atoms with Gasteiger partial charge in [0.1, 0.15) is 12.5 Å². The van der Waals surface area contributed by atoms with E-state index in [-0.39, 0.29) is 5.92 Å². The third kappa shape index (κ3) is 1.77. The second-order valence-electron chi connectivity index (χ2n) is 2.66. The summed E-state index contributed by atoms with van der Waals surface area (Å²) in [6.45, 7) is 0. The molecule has 0 aromatic heterocycles. The molecule has 0 unspecified atom stereocenters. The standard InChI is InChI=1S/C7H11FO/c8-7-3-1-2-6(4-7)5-9/h5-7H,1-4H2/t6-,7+/m0/s1. The fourth-order valence-electron chi connectivity index (χ4n) is 1.29. The van der Waals surface area contributed by atoms with E-state index >= 15 is 0 Å². The van der Waals surface area contributed by atoms with Crippen LogP contribution in [-0.4, -0.2) is 12.5 Å². The monoisotopic (exact) mass is 130 g/mol. The van der Waals surface area contributed by atoms with Gasteiger partial charge in [-0.3, -0.25) is 0 Å². The van der Waals surface area contributed by atoms with E-state index in [0.29, 0.717) is 12.8 Å². The minimum absolute atomic E-state index is 0.00810. The van der Waals surface area contributed by atoms with E-state index in [0.717, 1.165) is 19.1 Å². The Balaban J connectivity index is 2.31. The summed E-state index contributed by atoms with van der Waals surface area (Å²) in [5.41, 5.74) is 0. The van der Waals surface area contributed by atoms with Crippen molar-refractivity contribution in [2.75, 3.05) is 0 Å². The molecule has 1 rings (SSSR count). The van der Waals surface area contributed by atoms with Crippen LogP contribution in [0.5, 0.6) is 0 Å². The van der Waals surface area contributed by atoms with Crippen molar-refractivity contribution in [2.45, 2.75) is 31.9 Å². The van der Waals surface area contributed by atoms with Gasteiger partial charge in [-0.25, -0.2) is 4.39 Å². The predicted octanol–water partition coefficient (Wildman–Crippen LogP) is 1.71. The third-order valence-electron chi connectivity index (χ3n) is 1.84. The highest BCUT2D eigenvalue weighted by atomic mass is 19.1. The Labute approximate surface area is 54.3 Å². The van der Waals surface area contributed by atoms with Crippen LogP contribution < -0.4 is 0 Å². The lowest BCUT2D eigenvalue weighted by Gasteiger charge is -2.18. The van der Waals surface area contributed by atoms with Gasteiger partial charge in [0.2, 0.25) is 0 Å². The SMILES string of the molecule is O=C[C@H]1CCC[C@@H](F)C1. The Bertz CT molecular complexity index is 103. The highest BCUT2D eigenvalue weighted by molar-refractivity contribution is 5.53. The number of carbonyl (C=O) groups excluding carboxylic acids is 1. The molecule has 0 aliphatic heterocycles. The van der Waals surface area contributed by atoms with Crippen LogP contribution in [-0.2, 0) is 4.79 Å². The van der Waals surface area contributed by atoms with E-state index < -0.39 is 6.17 Å². The molecule has 0 amide bonds. The summed E-state index contributed by atoms with van der Waals surface area (Å²) in [5.74, 6) is 0.00810. The predicted molar refractivity (Wildman–Crippen MR) is 32.9 cm³/mol. The van der Waals surface area contributed by atoms with E-state index in [4.69, 9.17) is 0 Å². The largest absolute Gasteiger partial charge is 0.303 e. The van der Waals surface area contributed by atoms with Gasteiger partial charge in [-0.1, -0.05) is 0 Å². The number of rotatable bonds is 1. The number of halogens is 1. The van der Waals surface area contributed by atoms with Crippen LogP contribution >= 0.6 is 0 Å². The molecule has 0 aromatic rings. The lowest BCUT2D eigenvalue weighted by Crippen LogP contribution is -2.16.